The van der Waals surface area contributed by atoms with Gasteiger partial charge in [-0.15, -0.1) is 0 Å². The van der Waals surface area contributed by atoms with Crippen molar-refractivity contribution < 1.29 is 14.3 Å². The SMILES string of the molecule is COC(=O)[C@H]1CCCCN1C(C)C(=O)NC(C)C. The maximum atomic E-state index is 12.0. The third-order valence-corrected chi connectivity index (χ3v) is 3.33. The molecule has 0 aliphatic carbocycles. The molecule has 1 N–H and O–H groups in total. The Balaban J connectivity index is 2.70. The highest BCUT2D eigenvalue weighted by Gasteiger charge is 2.35. The average Bonchev–Trinajstić information content (AvgIpc) is 2.36. The lowest BCUT2D eigenvalue weighted by molar-refractivity contribution is -0.150. The Morgan fingerprint density at radius 2 is 1.94 bits per heavy atom. The molecule has 1 aliphatic rings. The molecule has 2 atom stereocenters. The van der Waals surface area contributed by atoms with Crippen LogP contribution in [0.3, 0.4) is 0 Å². The van der Waals surface area contributed by atoms with Crippen LogP contribution in [-0.4, -0.2) is 48.6 Å². The van der Waals surface area contributed by atoms with E-state index in [1.54, 1.807) is 0 Å². The van der Waals surface area contributed by atoms with Crippen LogP contribution in [0.25, 0.3) is 0 Å². The van der Waals surface area contributed by atoms with E-state index in [0.29, 0.717) is 0 Å². The highest BCUT2D eigenvalue weighted by atomic mass is 16.5. The standard InChI is InChI=1S/C13H24N2O3/c1-9(2)14-12(16)10(3)15-8-6-5-7-11(15)13(17)18-4/h9-11H,5-8H2,1-4H3,(H,14,16)/t10?,11-/m1/s1. The molecule has 0 saturated carbocycles. The predicted octanol–water partition coefficient (Wildman–Crippen LogP) is 0.927. The summed E-state index contributed by atoms with van der Waals surface area (Å²) >= 11 is 0. The van der Waals surface area contributed by atoms with Gasteiger partial charge in [-0.2, -0.15) is 0 Å². The minimum Gasteiger partial charge on any atom is -0.468 e. The fourth-order valence-electron chi connectivity index (χ4n) is 2.36. The molecule has 18 heavy (non-hydrogen) atoms. The molecule has 1 aliphatic heterocycles. The summed E-state index contributed by atoms with van der Waals surface area (Å²) in [5, 5.41) is 2.88. The number of nitrogens with one attached hydrogen (secondary N) is 1. The molecule has 0 spiro atoms. The molecule has 0 radical (unpaired) electrons. The van der Waals surface area contributed by atoms with Crippen LogP contribution in [0.5, 0.6) is 0 Å². The molecular weight excluding hydrogens is 232 g/mol. The molecule has 0 aromatic carbocycles. The second-order valence-corrected chi connectivity index (χ2v) is 5.11. The first-order valence-corrected chi connectivity index (χ1v) is 6.61. The second kappa shape index (κ2) is 6.73. The number of carbonyl (C=O) groups is 2. The number of piperidine rings is 1. The summed E-state index contributed by atoms with van der Waals surface area (Å²) in [6, 6.07) is -0.463. The van der Waals surface area contributed by atoms with Gasteiger partial charge in [0.25, 0.3) is 0 Å². The minimum absolute atomic E-state index is 0.0270. The summed E-state index contributed by atoms with van der Waals surface area (Å²) < 4.78 is 4.82. The number of hydrogen-bond donors (Lipinski definition) is 1. The van der Waals surface area contributed by atoms with Crippen LogP contribution in [0.15, 0.2) is 0 Å². The van der Waals surface area contributed by atoms with Crippen LogP contribution in [0.1, 0.15) is 40.0 Å². The Labute approximate surface area is 109 Å². The molecule has 104 valence electrons. The van der Waals surface area contributed by atoms with Gasteiger partial charge >= 0.3 is 5.97 Å². The van der Waals surface area contributed by atoms with Crippen LogP contribution >= 0.6 is 0 Å². The number of likely N-dealkylation sites (tertiary alicyclic amines) is 1. The lowest BCUT2D eigenvalue weighted by Crippen LogP contribution is -2.55. The van der Waals surface area contributed by atoms with E-state index in [1.807, 2.05) is 25.7 Å². The summed E-state index contributed by atoms with van der Waals surface area (Å²) in [7, 11) is 1.40. The van der Waals surface area contributed by atoms with E-state index in [0.717, 1.165) is 25.8 Å². The Hall–Kier alpha value is -1.10. The molecular formula is C13H24N2O3. The Morgan fingerprint density at radius 1 is 1.28 bits per heavy atom. The van der Waals surface area contributed by atoms with Gasteiger partial charge in [0.1, 0.15) is 6.04 Å². The van der Waals surface area contributed by atoms with Crippen LogP contribution in [0.4, 0.5) is 0 Å². The molecule has 5 heteroatoms. The summed E-state index contributed by atoms with van der Waals surface area (Å²) in [5.41, 5.74) is 0. The number of hydrogen-bond acceptors (Lipinski definition) is 4. The van der Waals surface area contributed by atoms with E-state index in [-0.39, 0.29) is 30.0 Å². The minimum atomic E-state index is -0.295. The fraction of sp³-hybridized carbons (Fsp3) is 0.846. The molecule has 0 aromatic heterocycles. The van der Waals surface area contributed by atoms with Gasteiger partial charge in [0.05, 0.1) is 13.2 Å². The van der Waals surface area contributed by atoms with Gasteiger partial charge in [-0.3, -0.25) is 14.5 Å². The van der Waals surface area contributed by atoms with E-state index < -0.39 is 0 Å². The lowest BCUT2D eigenvalue weighted by Gasteiger charge is -2.37. The number of esters is 1. The Morgan fingerprint density at radius 3 is 2.50 bits per heavy atom. The summed E-state index contributed by atoms with van der Waals surface area (Å²) in [4.78, 5) is 25.7. The third-order valence-electron chi connectivity index (χ3n) is 3.33. The van der Waals surface area contributed by atoms with Crippen molar-refractivity contribution in [3.05, 3.63) is 0 Å². The van der Waals surface area contributed by atoms with Crippen molar-refractivity contribution in [3.8, 4) is 0 Å². The van der Waals surface area contributed by atoms with Crippen LogP contribution < -0.4 is 5.32 Å². The number of nitrogens with zero attached hydrogens (tertiary/aromatic N) is 1. The molecule has 1 amide bonds. The fourth-order valence-corrected chi connectivity index (χ4v) is 2.36. The average molecular weight is 256 g/mol. The van der Waals surface area contributed by atoms with Crippen LogP contribution in [0, 0.1) is 0 Å². The van der Waals surface area contributed by atoms with E-state index in [9.17, 15) is 9.59 Å². The van der Waals surface area contributed by atoms with Gasteiger partial charge in [0.15, 0.2) is 0 Å². The highest BCUT2D eigenvalue weighted by Crippen LogP contribution is 2.20. The van der Waals surface area contributed by atoms with Crippen molar-refractivity contribution in [2.75, 3.05) is 13.7 Å². The molecule has 1 saturated heterocycles. The first-order valence-electron chi connectivity index (χ1n) is 6.61. The van der Waals surface area contributed by atoms with Crippen molar-refractivity contribution in [1.29, 1.82) is 0 Å². The number of amides is 1. The van der Waals surface area contributed by atoms with E-state index in [2.05, 4.69) is 5.32 Å². The van der Waals surface area contributed by atoms with Crippen LogP contribution in [0.2, 0.25) is 0 Å². The molecule has 5 nitrogen and oxygen atoms in total. The zero-order valence-corrected chi connectivity index (χ0v) is 11.7. The highest BCUT2D eigenvalue weighted by molar-refractivity contribution is 5.83. The van der Waals surface area contributed by atoms with Crippen molar-refractivity contribution in [3.63, 3.8) is 0 Å². The lowest BCUT2D eigenvalue weighted by atomic mass is 10.00. The number of carbonyl (C=O) groups excluding carboxylic acids is 2. The summed E-state index contributed by atoms with van der Waals surface area (Å²) in [5.74, 6) is -0.264. The van der Waals surface area contributed by atoms with Crippen molar-refractivity contribution in [1.82, 2.24) is 10.2 Å². The van der Waals surface area contributed by atoms with E-state index >= 15 is 0 Å². The second-order valence-electron chi connectivity index (χ2n) is 5.11. The molecule has 0 bridgehead atoms. The smallest absolute Gasteiger partial charge is 0.323 e. The van der Waals surface area contributed by atoms with E-state index in [4.69, 9.17) is 4.74 Å². The van der Waals surface area contributed by atoms with Gasteiger partial charge in [0.2, 0.25) is 5.91 Å². The Bertz CT molecular complexity index is 305. The molecule has 1 rings (SSSR count). The Kier molecular flexibility index (Phi) is 5.59. The number of rotatable bonds is 4. The van der Waals surface area contributed by atoms with Crippen molar-refractivity contribution in [2.45, 2.75) is 58.2 Å². The van der Waals surface area contributed by atoms with E-state index in [1.165, 1.54) is 7.11 Å². The maximum absolute atomic E-state index is 12.0. The number of methoxy groups -OCH3 is 1. The molecule has 1 fully saturated rings. The van der Waals surface area contributed by atoms with Gasteiger partial charge in [-0.1, -0.05) is 6.42 Å². The molecule has 1 heterocycles. The summed E-state index contributed by atoms with van der Waals surface area (Å²) in [6.45, 7) is 6.47. The maximum Gasteiger partial charge on any atom is 0.323 e. The van der Waals surface area contributed by atoms with Gasteiger partial charge in [0, 0.05) is 6.04 Å². The zero-order chi connectivity index (χ0) is 13.7. The topological polar surface area (TPSA) is 58.6 Å². The van der Waals surface area contributed by atoms with Gasteiger partial charge < -0.3 is 10.1 Å². The number of ether oxygens (including phenoxy) is 1. The zero-order valence-electron chi connectivity index (χ0n) is 11.7. The first kappa shape index (κ1) is 15.0. The van der Waals surface area contributed by atoms with Crippen molar-refractivity contribution in [2.24, 2.45) is 0 Å². The molecule has 0 aromatic rings. The quantitative estimate of drug-likeness (QED) is 0.760. The van der Waals surface area contributed by atoms with Gasteiger partial charge in [-0.25, -0.2) is 0 Å². The summed E-state index contributed by atoms with van der Waals surface area (Å²) in [6.07, 6.45) is 2.80. The molecule has 1 unspecified atom stereocenters. The largest absolute Gasteiger partial charge is 0.468 e. The normalized spacial score (nSPS) is 22.6. The van der Waals surface area contributed by atoms with Crippen molar-refractivity contribution >= 4 is 11.9 Å². The monoisotopic (exact) mass is 256 g/mol. The third kappa shape index (κ3) is 3.70. The first-order chi connectivity index (χ1) is 8.47. The van der Waals surface area contributed by atoms with Crippen LogP contribution in [-0.2, 0) is 14.3 Å². The predicted molar refractivity (Wildman–Crippen MR) is 69.1 cm³/mol. The van der Waals surface area contributed by atoms with Gasteiger partial charge in [-0.05, 0) is 40.2 Å².